The molecule has 1 saturated carbocycles. The van der Waals surface area contributed by atoms with Crippen molar-refractivity contribution in [3.05, 3.63) is 35.9 Å². The molecule has 1 heterocycles. The zero-order valence-corrected chi connectivity index (χ0v) is 10.1. The molecule has 18 heavy (non-hydrogen) atoms. The highest BCUT2D eigenvalue weighted by atomic mass is 16.2. The fraction of sp³-hybridized carbons (Fsp3) is 0.429. The molecule has 4 nitrogen and oxygen atoms in total. The van der Waals surface area contributed by atoms with Crippen molar-refractivity contribution in [3.8, 4) is 0 Å². The quantitative estimate of drug-likeness (QED) is 0.865. The Morgan fingerprint density at radius 3 is 2.56 bits per heavy atom. The molecular formula is C14H16N2O2. The molecule has 4 heteroatoms. The largest absolute Gasteiger partial charge is 0.339 e. The van der Waals surface area contributed by atoms with Gasteiger partial charge in [-0.15, -0.1) is 0 Å². The van der Waals surface area contributed by atoms with Gasteiger partial charge in [0.2, 0.25) is 11.8 Å². The maximum absolute atomic E-state index is 12.3. The number of nitrogens with one attached hydrogen (secondary N) is 1. The first-order valence-corrected chi connectivity index (χ1v) is 6.37. The maximum Gasteiger partial charge on any atom is 0.250 e. The molecule has 1 unspecified atom stereocenters. The number of rotatable bonds is 3. The molecule has 3 rings (SSSR count). The van der Waals surface area contributed by atoms with E-state index in [2.05, 4.69) is 5.32 Å². The Morgan fingerprint density at radius 1 is 1.17 bits per heavy atom. The van der Waals surface area contributed by atoms with E-state index in [1.807, 2.05) is 30.3 Å². The van der Waals surface area contributed by atoms with Gasteiger partial charge in [0.05, 0.1) is 6.54 Å². The molecule has 2 fully saturated rings. The van der Waals surface area contributed by atoms with Crippen LogP contribution in [0.5, 0.6) is 0 Å². The van der Waals surface area contributed by atoms with E-state index in [0.717, 1.165) is 12.1 Å². The summed E-state index contributed by atoms with van der Waals surface area (Å²) in [5, 5.41) is 2.78. The normalized spacial score (nSPS) is 24.0. The van der Waals surface area contributed by atoms with Crippen LogP contribution in [0.2, 0.25) is 0 Å². The predicted molar refractivity (Wildman–Crippen MR) is 66.6 cm³/mol. The van der Waals surface area contributed by atoms with E-state index in [4.69, 9.17) is 0 Å². The number of hydrogen-bond donors (Lipinski definition) is 1. The lowest BCUT2D eigenvalue weighted by Crippen LogP contribution is -2.53. The maximum atomic E-state index is 12.3. The average molecular weight is 244 g/mol. The van der Waals surface area contributed by atoms with Gasteiger partial charge in [-0.05, 0) is 24.3 Å². The van der Waals surface area contributed by atoms with Crippen molar-refractivity contribution in [2.75, 3.05) is 13.1 Å². The molecule has 0 bridgehead atoms. The second-order valence-electron chi connectivity index (χ2n) is 5.07. The first-order chi connectivity index (χ1) is 8.74. The Labute approximate surface area is 106 Å². The van der Waals surface area contributed by atoms with Crippen molar-refractivity contribution in [1.29, 1.82) is 0 Å². The lowest BCUT2D eigenvalue weighted by Gasteiger charge is -2.32. The summed E-state index contributed by atoms with van der Waals surface area (Å²) in [4.78, 5) is 25.7. The molecule has 1 saturated heterocycles. The summed E-state index contributed by atoms with van der Waals surface area (Å²) < 4.78 is 0. The summed E-state index contributed by atoms with van der Waals surface area (Å²) in [6.45, 7) is 0.939. The Kier molecular flexibility index (Phi) is 2.78. The summed E-state index contributed by atoms with van der Waals surface area (Å²) in [5.41, 5.74) is 0.858. The summed E-state index contributed by atoms with van der Waals surface area (Å²) in [6.07, 6.45) is 2.36. The van der Waals surface area contributed by atoms with E-state index in [0.29, 0.717) is 5.92 Å². The average Bonchev–Trinajstić information content (AvgIpc) is 3.18. The zero-order valence-electron chi connectivity index (χ0n) is 10.1. The van der Waals surface area contributed by atoms with Crippen LogP contribution in [-0.4, -0.2) is 29.8 Å². The predicted octanol–water partition coefficient (Wildman–Crippen LogP) is 1.10. The molecule has 2 amide bonds. The molecule has 1 aromatic carbocycles. The van der Waals surface area contributed by atoms with Crippen LogP contribution in [-0.2, 0) is 9.59 Å². The third kappa shape index (κ3) is 2.23. The fourth-order valence-electron chi connectivity index (χ4n) is 2.34. The number of piperazine rings is 1. The minimum absolute atomic E-state index is 0.0210. The molecule has 0 aromatic heterocycles. The summed E-state index contributed by atoms with van der Waals surface area (Å²) in [6, 6.07) is 8.92. The van der Waals surface area contributed by atoms with Gasteiger partial charge in [-0.3, -0.25) is 9.59 Å². The summed E-state index contributed by atoms with van der Waals surface area (Å²) in [5.74, 6) is 0.563. The number of benzene rings is 1. The van der Waals surface area contributed by atoms with E-state index < -0.39 is 6.04 Å². The van der Waals surface area contributed by atoms with Crippen LogP contribution in [0, 0.1) is 5.92 Å². The Balaban J connectivity index is 1.80. The van der Waals surface area contributed by atoms with E-state index in [1.165, 1.54) is 12.8 Å². The minimum Gasteiger partial charge on any atom is -0.339 e. The number of carbonyl (C=O) groups is 2. The van der Waals surface area contributed by atoms with Crippen molar-refractivity contribution in [2.45, 2.75) is 18.9 Å². The van der Waals surface area contributed by atoms with Crippen LogP contribution < -0.4 is 5.32 Å². The summed E-state index contributed by atoms with van der Waals surface area (Å²) >= 11 is 0. The number of hydrogen-bond acceptors (Lipinski definition) is 2. The first-order valence-electron chi connectivity index (χ1n) is 6.37. The van der Waals surface area contributed by atoms with Crippen molar-refractivity contribution >= 4 is 11.8 Å². The Hall–Kier alpha value is -1.84. The second kappa shape index (κ2) is 4.44. The van der Waals surface area contributed by atoms with Crippen molar-refractivity contribution in [1.82, 2.24) is 10.2 Å². The monoisotopic (exact) mass is 244 g/mol. The van der Waals surface area contributed by atoms with Crippen molar-refractivity contribution < 1.29 is 9.59 Å². The molecule has 1 atom stereocenters. The third-order valence-corrected chi connectivity index (χ3v) is 3.51. The molecule has 94 valence electrons. The Bertz CT molecular complexity index is 468. The van der Waals surface area contributed by atoms with E-state index >= 15 is 0 Å². The lowest BCUT2D eigenvalue weighted by molar-refractivity contribution is -0.144. The molecular weight excluding hydrogens is 228 g/mol. The van der Waals surface area contributed by atoms with E-state index in [1.54, 1.807) is 4.90 Å². The topological polar surface area (TPSA) is 49.4 Å². The number of amides is 2. The van der Waals surface area contributed by atoms with Gasteiger partial charge >= 0.3 is 0 Å². The zero-order chi connectivity index (χ0) is 12.5. The molecule has 2 aliphatic rings. The third-order valence-electron chi connectivity index (χ3n) is 3.51. The van der Waals surface area contributed by atoms with Gasteiger partial charge in [0.1, 0.15) is 6.04 Å². The Morgan fingerprint density at radius 2 is 1.89 bits per heavy atom. The molecule has 1 aromatic rings. The summed E-state index contributed by atoms with van der Waals surface area (Å²) in [7, 11) is 0. The first kappa shape index (κ1) is 11.3. The SMILES string of the molecule is O=C1CN(CC2CC2)C(=O)C(c2ccccc2)N1. The van der Waals surface area contributed by atoms with Crippen LogP contribution >= 0.6 is 0 Å². The van der Waals surface area contributed by atoms with Crippen LogP contribution in [0.3, 0.4) is 0 Å². The highest BCUT2D eigenvalue weighted by molar-refractivity contribution is 5.95. The van der Waals surface area contributed by atoms with Crippen molar-refractivity contribution in [3.63, 3.8) is 0 Å². The second-order valence-corrected chi connectivity index (χ2v) is 5.07. The molecule has 1 aliphatic heterocycles. The van der Waals surface area contributed by atoms with E-state index in [-0.39, 0.29) is 18.4 Å². The van der Waals surface area contributed by atoms with Gasteiger partial charge < -0.3 is 10.2 Å². The minimum atomic E-state index is -0.508. The molecule has 0 spiro atoms. The van der Waals surface area contributed by atoms with Crippen LogP contribution in [0.4, 0.5) is 0 Å². The lowest BCUT2D eigenvalue weighted by atomic mass is 10.0. The van der Waals surface area contributed by atoms with E-state index in [9.17, 15) is 9.59 Å². The van der Waals surface area contributed by atoms with Gasteiger partial charge in [0.15, 0.2) is 0 Å². The van der Waals surface area contributed by atoms with Gasteiger partial charge in [-0.2, -0.15) is 0 Å². The van der Waals surface area contributed by atoms with Crippen LogP contribution in [0.1, 0.15) is 24.4 Å². The fourth-order valence-corrected chi connectivity index (χ4v) is 2.34. The molecule has 1 aliphatic carbocycles. The highest BCUT2D eigenvalue weighted by Gasteiger charge is 2.36. The smallest absolute Gasteiger partial charge is 0.250 e. The van der Waals surface area contributed by atoms with Crippen LogP contribution in [0.15, 0.2) is 30.3 Å². The van der Waals surface area contributed by atoms with Gasteiger partial charge in [0, 0.05) is 6.54 Å². The number of carbonyl (C=O) groups excluding carboxylic acids is 2. The van der Waals surface area contributed by atoms with Gasteiger partial charge in [0.25, 0.3) is 0 Å². The molecule has 0 radical (unpaired) electrons. The number of nitrogens with zero attached hydrogens (tertiary/aromatic N) is 1. The molecule has 1 N–H and O–H groups in total. The standard InChI is InChI=1S/C14H16N2O2/c17-12-9-16(8-10-6-7-10)14(18)13(15-12)11-4-2-1-3-5-11/h1-5,10,13H,6-9H2,(H,15,17). The highest BCUT2D eigenvalue weighted by Crippen LogP contribution is 2.31. The van der Waals surface area contributed by atoms with Gasteiger partial charge in [-0.25, -0.2) is 0 Å². The van der Waals surface area contributed by atoms with Gasteiger partial charge in [-0.1, -0.05) is 30.3 Å². The van der Waals surface area contributed by atoms with Crippen LogP contribution in [0.25, 0.3) is 0 Å². The van der Waals surface area contributed by atoms with Crippen molar-refractivity contribution in [2.24, 2.45) is 5.92 Å².